The number of hydrogen-bond acceptors (Lipinski definition) is 19. The first kappa shape index (κ1) is 87.5. The zero-order valence-electron chi connectivity index (χ0n) is 65.8. The summed E-state index contributed by atoms with van der Waals surface area (Å²) in [7, 11) is 1.51. The smallest absolute Gasteiger partial charge is 0.254 e. The summed E-state index contributed by atoms with van der Waals surface area (Å²) in [5.41, 5.74) is 5.49. The predicted molar refractivity (Wildman–Crippen MR) is 471 cm³/mol. The first-order chi connectivity index (χ1) is 55.3. The van der Waals surface area contributed by atoms with Crippen LogP contribution >= 0.6 is 86.3 Å². The van der Waals surface area contributed by atoms with Gasteiger partial charge in [0, 0.05) is 155 Å². The van der Waals surface area contributed by atoms with Gasteiger partial charge < -0.3 is 59.0 Å². The number of rotatable bonds is 14. The maximum absolute atomic E-state index is 15.5. The monoisotopic (exact) mass is 1930 g/mol. The van der Waals surface area contributed by atoms with Crippen LogP contribution in [0.25, 0.3) is 33.8 Å². The van der Waals surface area contributed by atoms with Crippen LogP contribution in [-0.4, -0.2) is 222 Å². The molecule has 11 heterocycles. The van der Waals surface area contributed by atoms with Crippen molar-refractivity contribution in [2.24, 2.45) is 5.41 Å². The number of benzene rings is 4. The molecule has 115 heavy (non-hydrogen) atoms. The Labute approximate surface area is 718 Å². The molecule has 3 N–H and O–H groups in total. The van der Waals surface area contributed by atoms with E-state index in [9.17, 15) is 33.4 Å². The van der Waals surface area contributed by atoms with Crippen molar-refractivity contribution in [1.82, 2.24) is 54.7 Å². The average Bonchev–Trinajstić information content (AvgIpc) is 1.62. The summed E-state index contributed by atoms with van der Waals surface area (Å²) in [5.74, 6) is 6.92. The topological polar surface area (TPSA) is 207 Å². The Morgan fingerprint density at radius 2 is 0.887 bits per heavy atom. The zero-order chi connectivity index (χ0) is 82.2. The number of carbonyl (C=O) groups excluding carboxylic acids is 3. The number of nitrogens with zero attached hydrogens (tertiary/aromatic N) is 14. The normalized spacial score (nSPS) is 17.2. The highest BCUT2D eigenvalue weighted by Crippen LogP contribution is 2.38. The lowest BCUT2D eigenvalue weighted by Crippen LogP contribution is -2.46. The van der Waals surface area contributed by atoms with Gasteiger partial charge in [-0.1, -0.05) is 95.7 Å². The first-order valence-corrected chi connectivity index (χ1v) is 42.7. The highest BCUT2D eigenvalue weighted by Gasteiger charge is 2.49. The van der Waals surface area contributed by atoms with Gasteiger partial charge >= 0.3 is 0 Å². The molecule has 0 saturated carbocycles. The fourth-order valence-electron chi connectivity index (χ4n) is 14.1. The molecule has 5 fully saturated rings. The Bertz CT molecular complexity index is 4900. The van der Waals surface area contributed by atoms with Crippen molar-refractivity contribution in [3.05, 3.63) is 206 Å². The number of likely N-dealkylation sites (N-methyl/N-ethyl adjacent to an activating group) is 4. The number of piperazine rings is 4. The van der Waals surface area contributed by atoms with Crippen LogP contribution in [0, 0.1) is 59.2 Å². The number of methoxy groups -OCH3 is 1. The second kappa shape index (κ2) is 40.7. The predicted octanol–water partition coefficient (Wildman–Crippen LogP) is 15.4. The van der Waals surface area contributed by atoms with Crippen LogP contribution in [-0.2, 0) is 16.1 Å². The van der Waals surface area contributed by atoms with E-state index in [1.54, 1.807) is 60.7 Å². The molecule has 5 aromatic heterocycles. The van der Waals surface area contributed by atoms with E-state index in [1.165, 1.54) is 53.5 Å². The number of aromatic hydroxyl groups is 2. The molecule has 15 rings (SSSR count). The molecule has 9 aromatic rings. The molecule has 29 heteroatoms. The zero-order valence-corrected chi connectivity index (χ0v) is 74.3. The van der Waals surface area contributed by atoms with E-state index >= 15 is 4.39 Å². The number of aromatic nitrogens is 5. The van der Waals surface area contributed by atoms with Gasteiger partial charge in [-0.25, -0.2) is 38.1 Å². The van der Waals surface area contributed by atoms with Crippen molar-refractivity contribution in [3.8, 4) is 62.9 Å². The van der Waals surface area contributed by atoms with Gasteiger partial charge in [0.15, 0.2) is 0 Å². The Hall–Kier alpha value is -8.32. The fraction of sp³-hybridized carbons (Fsp3) is 0.372. The number of imide groups is 1. The van der Waals surface area contributed by atoms with Crippen molar-refractivity contribution in [2.75, 3.05) is 164 Å². The van der Waals surface area contributed by atoms with Crippen LogP contribution in [0.3, 0.4) is 0 Å². The Morgan fingerprint density at radius 1 is 0.478 bits per heavy atom. The highest BCUT2D eigenvalue weighted by atomic mass is 127. The number of pyridine rings is 5. The summed E-state index contributed by atoms with van der Waals surface area (Å²) in [4.78, 5) is 81.1. The SMILES string of the molecule is CCN1CCN(c2ccc(C)c(-c3ccc(Br)cc3F)n2)CC1.CCN1CCN(c2ccc(C)c(Br)n2)CC1.CCN1CCN(c2ccc(O)c(-c3ccc(Br)cc3F)n2)CC1.CCN1CCN(c2ccc(O)c(-c3ccc(C#C[C@]4(CN5Cc6ccc(OC)cc6C5=O)CC(=O)NC4=O)cc3F)n2)CC1.Cc1ccc(I)nc1Br. The van der Waals surface area contributed by atoms with Gasteiger partial charge in [0.05, 0.1) is 19.2 Å². The van der Waals surface area contributed by atoms with Crippen molar-refractivity contribution >= 4 is 127 Å². The molecular weight excluding hydrogens is 1840 g/mol. The van der Waals surface area contributed by atoms with Gasteiger partial charge in [0.1, 0.15) is 87.7 Å². The number of fused-ring (bicyclic) bond motifs is 1. The number of halogens is 8. The minimum atomic E-state index is -1.50. The lowest BCUT2D eigenvalue weighted by atomic mass is 9.85. The van der Waals surface area contributed by atoms with Crippen LogP contribution in [0.2, 0.25) is 0 Å². The van der Waals surface area contributed by atoms with Crippen molar-refractivity contribution in [3.63, 3.8) is 0 Å². The Morgan fingerprint density at radius 3 is 1.30 bits per heavy atom. The first-order valence-electron chi connectivity index (χ1n) is 38.5. The number of aryl methyl sites for hydroxylation is 3. The molecule has 4 aromatic carbocycles. The molecule has 0 spiro atoms. The number of ether oxygens (including phenoxy) is 1. The van der Waals surface area contributed by atoms with Crippen LogP contribution in [0.1, 0.15) is 72.3 Å². The molecule has 21 nitrogen and oxygen atoms in total. The fourth-order valence-corrected chi connectivity index (χ4v) is 16.2. The maximum atomic E-state index is 15.5. The molecule has 6 aliphatic rings. The second-order valence-corrected chi connectivity index (χ2v) is 33.1. The van der Waals surface area contributed by atoms with Gasteiger partial charge in [0.2, 0.25) is 11.8 Å². The molecule has 6 aliphatic heterocycles. The molecule has 0 bridgehead atoms. The van der Waals surface area contributed by atoms with Gasteiger partial charge in [-0.15, -0.1) is 0 Å². The quantitative estimate of drug-likeness (QED) is 0.0400. The van der Waals surface area contributed by atoms with E-state index < -0.39 is 28.9 Å². The standard InChI is InChI=1S/C33H32FN5O5.C18H21BrFN3.C17H19BrFN3O.C12H18BrN3.C6H5BrIN/c1-3-37-12-14-38(15-13-37)28-9-8-27(40)30(35-28)24-7-4-21(16-26(24)34)10-11-33(18-29(41)36-32(33)43)20-39-19-22-5-6-23(44-2)17-25(22)31(39)42;1-3-22-8-10-23(11-9-22)17-7-4-13(2)18(21-17)15-6-5-14(19)12-16(15)20;1-2-21-7-9-22(10-8-21)16-6-5-15(23)17(20-16)13-4-3-12(18)11-14(13)19;1-3-15-6-8-16(9-7-15)11-5-4-10(2)12(13)14-11;1-4-2-3-5(8)9-6(4)7/h4-9,16-17,40H,3,12-15,18-20H2,1-2H3,(H,36,41,43);4-7,12H,3,8-11H2,1-2H3;3-6,11,23H,2,7-10H2,1H3;4-5H,3,6-9H2,1-2H3;2-3H,1H3/t33-;;;;/m1..../s1. The number of carbonyl (C=O) groups is 3. The van der Waals surface area contributed by atoms with Crippen molar-refractivity contribution in [1.29, 1.82) is 0 Å². The minimum absolute atomic E-state index is 0.0119. The van der Waals surface area contributed by atoms with E-state index in [0.29, 0.717) is 32.7 Å². The van der Waals surface area contributed by atoms with E-state index in [-0.39, 0.29) is 65.2 Å². The largest absolute Gasteiger partial charge is 0.506 e. The number of nitrogens with one attached hydrogen (secondary N) is 1. The van der Waals surface area contributed by atoms with Crippen LogP contribution in [0.4, 0.5) is 36.4 Å². The van der Waals surface area contributed by atoms with E-state index in [4.69, 9.17) is 9.72 Å². The highest BCUT2D eigenvalue weighted by molar-refractivity contribution is 14.1. The molecule has 0 radical (unpaired) electrons. The van der Waals surface area contributed by atoms with Crippen molar-refractivity contribution in [2.45, 2.75) is 61.4 Å². The molecule has 1 atom stereocenters. The van der Waals surface area contributed by atoms with Gasteiger partial charge in [-0.3, -0.25) is 19.7 Å². The number of amides is 3. The van der Waals surface area contributed by atoms with Gasteiger partial charge in [-0.05, 0) is 233 Å². The van der Waals surface area contributed by atoms with Gasteiger partial charge in [0.25, 0.3) is 5.91 Å². The Balaban J connectivity index is 0.000000155. The lowest BCUT2D eigenvalue weighted by Gasteiger charge is -2.35. The summed E-state index contributed by atoms with van der Waals surface area (Å²) < 4.78 is 53.5. The van der Waals surface area contributed by atoms with E-state index in [1.807, 2.05) is 44.2 Å². The summed E-state index contributed by atoms with van der Waals surface area (Å²) in [6.07, 6.45) is -0.222. The van der Waals surface area contributed by atoms with Crippen molar-refractivity contribution < 1.29 is 42.5 Å². The molecular formula is C86H95Br4F3IN15O6. The van der Waals surface area contributed by atoms with Crippen LogP contribution < -0.4 is 29.7 Å². The maximum Gasteiger partial charge on any atom is 0.254 e. The third-order valence-corrected chi connectivity index (χ3v) is 24.4. The second-order valence-electron chi connectivity index (χ2n) is 28.6. The minimum Gasteiger partial charge on any atom is -0.506 e. The average molecular weight is 1940 g/mol. The summed E-state index contributed by atoms with van der Waals surface area (Å²) in [5, 5.41) is 22.9. The van der Waals surface area contributed by atoms with Gasteiger partial charge in [-0.2, -0.15) is 0 Å². The summed E-state index contributed by atoms with van der Waals surface area (Å²) in [6.45, 7) is 34.7. The molecule has 0 aliphatic carbocycles. The molecule has 5 saturated heterocycles. The van der Waals surface area contributed by atoms with E-state index in [2.05, 4.69) is 209 Å². The number of hydrogen-bond donors (Lipinski definition) is 3. The lowest BCUT2D eigenvalue weighted by molar-refractivity contribution is -0.127. The third-order valence-electron chi connectivity index (χ3n) is 21.2. The molecule has 3 amide bonds. The number of anilines is 4. The molecule has 606 valence electrons. The Kier molecular flexibility index (Phi) is 31.0. The van der Waals surface area contributed by atoms with E-state index in [0.717, 1.165) is 183 Å². The summed E-state index contributed by atoms with van der Waals surface area (Å²) >= 11 is 15.5. The molecule has 0 unspecified atom stereocenters. The van der Waals surface area contributed by atoms with Crippen LogP contribution in [0.5, 0.6) is 17.2 Å². The van der Waals surface area contributed by atoms with Crippen LogP contribution in [0.15, 0.2) is 152 Å². The third kappa shape index (κ3) is 22.5. The summed E-state index contributed by atoms with van der Waals surface area (Å²) in [6, 6.07) is 38.3.